The van der Waals surface area contributed by atoms with E-state index >= 15 is 0 Å². The maximum atomic E-state index is 9.37. The third-order valence-corrected chi connectivity index (χ3v) is 12.3. The Morgan fingerprint density at radius 2 is 0.767 bits per heavy atom. The lowest BCUT2D eigenvalue weighted by atomic mass is 9.99. The maximum Gasteiger partial charge on any atom is 0.145 e. The van der Waals surface area contributed by atoms with Crippen molar-refractivity contribution in [3.8, 4) is 39.7 Å². The number of nitriles is 1. The van der Waals surface area contributed by atoms with Crippen LogP contribution in [0.4, 0.5) is 0 Å². The minimum atomic E-state index is 0.650. The van der Waals surface area contributed by atoms with E-state index < -0.39 is 0 Å². The summed E-state index contributed by atoms with van der Waals surface area (Å²) in [5.41, 5.74) is 15.0. The largest absolute Gasteiger partial charge is 0.455 e. The van der Waals surface area contributed by atoms with Gasteiger partial charge in [0.15, 0.2) is 0 Å². The standard InChI is InChI=1S/C55H31N3O2/c56-32-33-17-19-34(20-18-33)35-21-23-36(24-22-35)37-29-38(57-46-13-5-1-11-44(46)52-48(57)27-25-42-40-9-3-7-15-50(40)59-54(42)52)31-39(30-37)58-47-14-6-2-12-45(47)53-49(58)28-26-43-41-10-4-8-16-51(41)60-55(43)53/h1-31H. The van der Waals surface area contributed by atoms with E-state index in [-0.39, 0.29) is 0 Å². The number of fused-ring (bicyclic) bond motifs is 14. The summed E-state index contributed by atoms with van der Waals surface area (Å²) in [6.45, 7) is 0. The minimum Gasteiger partial charge on any atom is -0.455 e. The first-order valence-electron chi connectivity index (χ1n) is 20.1. The van der Waals surface area contributed by atoms with E-state index in [0.29, 0.717) is 5.56 Å². The summed E-state index contributed by atoms with van der Waals surface area (Å²) >= 11 is 0. The third kappa shape index (κ3) is 4.61. The SMILES string of the molecule is N#Cc1ccc(-c2ccc(-c3cc(-n4c5ccccc5c5c6oc7ccccc7c6ccc54)cc(-n4c5ccccc5c5c6oc7ccccc7c6ccc54)c3)cc2)cc1. The average Bonchev–Trinajstić information content (AvgIpc) is 4.06. The number of furan rings is 2. The molecule has 13 rings (SSSR count). The predicted octanol–water partition coefficient (Wildman–Crippen LogP) is 14.9. The van der Waals surface area contributed by atoms with Crippen LogP contribution in [0, 0.1) is 11.3 Å². The first-order chi connectivity index (χ1) is 29.7. The van der Waals surface area contributed by atoms with Crippen LogP contribution in [0.25, 0.3) is 121 Å². The molecule has 0 N–H and O–H groups in total. The molecular weight excluding hydrogens is 735 g/mol. The number of rotatable bonds is 4. The van der Waals surface area contributed by atoms with E-state index in [1.165, 1.54) is 0 Å². The molecule has 0 bridgehead atoms. The number of nitrogens with zero attached hydrogens (tertiary/aromatic N) is 3. The fourth-order valence-electron chi connectivity index (χ4n) is 9.64. The maximum absolute atomic E-state index is 9.37. The van der Waals surface area contributed by atoms with Crippen molar-refractivity contribution in [2.75, 3.05) is 0 Å². The summed E-state index contributed by atoms with van der Waals surface area (Å²) in [5.74, 6) is 0. The summed E-state index contributed by atoms with van der Waals surface area (Å²) in [7, 11) is 0. The molecule has 0 amide bonds. The molecule has 60 heavy (non-hydrogen) atoms. The third-order valence-electron chi connectivity index (χ3n) is 12.3. The Hall–Kier alpha value is -8.33. The van der Waals surface area contributed by atoms with E-state index in [9.17, 15) is 5.26 Å². The van der Waals surface area contributed by atoms with E-state index in [4.69, 9.17) is 8.83 Å². The highest BCUT2D eigenvalue weighted by atomic mass is 16.3. The monoisotopic (exact) mass is 765 g/mol. The molecular formula is C55H31N3O2. The molecule has 0 saturated carbocycles. The lowest BCUT2D eigenvalue weighted by Crippen LogP contribution is -2.00. The van der Waals surface area contributed by atoms with Crippen LogP contribution in [-0.4, -0.2) is 9.13 Å². The Kier molecular flexibility index (Phi) is 6.73. The van der Waals surface area contributed by atoms with E-state index in [0.717, 1.165) is 121 Å². The van der Waals surface area contributed by atoms with Gasteiger partial charge in [0.2, 0.25) is 0 Å². The van der Waals surface area contributed by atoms with Gasteiger partial charge in [-0.3, -0.25) is 0 Å². The zero-order valence-corrected chi connectivity index (χ0v) is 32.1. The van der Waals surface area contributed by atoms with Gasteiger partial charge in [0, 0.05) is 43.7 Å². The van der Waals surface area contributed by atoms with Crippen molar-refractivity contribution < 1.29 is 8.83 Å². The molecule has 5 nitrogen and oxygen atoms in total. The number of hydrogen-bond acceptors (Lipinski definition) is 3. The highest BCUT2D eigenvalue weighted by Gasteiger charge is 2.22. The summed E-state index contributed by atoms with van der Waals surface area (Å²) in [5, 5.41) is 18.3. The van der Waals surface area contributed by atoms with Gasteiger partial charge in [0.25, 0.3) is 0 Å². The fraction of sp³-hybridized carbons (Fsp3) is 0. The van der Waals surface area contributed by atoms with Crippen LogP contribution < -0.4 is 0 Å². The van der Waals surface area contributed by atoms with Crippen molar-refractivity contribution in [1.29, 1.82) is 5.26 Å². The van der Waals surface area contributed by atoms with Crippen molar-refractivity contribution in [1.82, 2.24) is 9.13 Å². The molecule has 13 aromatic rings. The molecule has 0 atom stereocenters. The normalized spacial score (nSPS) is 12.0. The van der Waals surface area contributed by atoms with Gasteiger partial charge in [-0.05, 0) is 101 Å². The van der Waals surface area contributed by atoms with Crippen molar-refractivity contribution in [2.45, 2.75) is 0 Å². The molecule has 5 heteroatoms. The molecule has 278 valence electrons. The Morgan fingerprint density at radius 1 is 0.350 bits per heavy atom. The highest BCUT2D eigenvalue weighted by Crippen LogP contribution is 2.44. The Bertz CT molecular complexity index is 3740. The topological polar surface area (TPSA) is 59.9 Å². The molecule has 9 aromatic carbocycles. The summed E-state index contributed by atoms with van der Waals surface area (Å²) in [4.78, 5) is 0. The van der Waals surface area contributed by atoms with Crippen molar-refractivity contribution >= 4 is 87.5 Å². The summed E-state index contributed by atoms with van der Waals surface area (Å²) < 4.78 is 18.1. The number of hydrogen-bond donors (Lipinski definition) is 0. The number of para-hydroxylation sites is 4. The zero-order chi connectivity index (χ0) is 39.5. The van der Waals surface area contributed by atoms with E-state index in [2.05, 4.69) is 155 Å². The molecule has 0 aliphatic carbocycles. The molecule has 0 aliphatic heterocycles. The van der Waals surface area contributed by atoms with Crippen molar-refractivity contribution in [3.63, 3.8) is 0 Å². The average molecular weight is 766 g/mol. The van der Waals surface area contributed by atoms with Crippen LogP contribution in [0.15, 0.2) is 197 Å². The molecule has 0 spiro atoms. The Morgan fingerprint density at radius 3 is 1.25 bits per heavy atom. The van der Waals surface area contributed by atoms with Gasteiger partial charge < -0.3 is 18.0 Å². The van der Waals surface area contributed by atoms with Crippen LogP contribution in [0.3, 0.4) is 0 Å². The second-order valence-corrected chi connectivity index (χ2v) is 15.6. The molecule has 0 aliphatic rings. The van der Waals surface area contributed by atoms with Gasteiger partial charge >= 0.3 is 0 Å². The summed E-state index contributed by atoms with van der Waals surface area (Å²) in [6.07, 6.45) is 0. The van der Waals surface area contributed by atoms with Gasteiger partial charge in [0.1, 0.15) is 22.3 Å². The van der Waals surface area contributed by atoms with Crippen molar-refractivity contribution in [3.05, 3.63) is 194 Å². The van der Waals surface area contributed by atoms with E-state index in [1.54, 1.807) is 0 Å². The van der Waals surface area contributed by atoms with Gasteiger partial charge in [-0.1, -0.05) is 109 Å². The first-order valence-corrected chi connectivity index (χ1v) is 20.1. The molecule has 0 saturated heterocycles. The second kappa shape index (κ2) is 12.3. The van der Waals surface area contributed by atoms with Crippen LogP contribution in [0.5, 0.6) is 0 Å². The fourth-order valence-corrected chi connectivity index (χ4v) is 9.64. The smallest absolute Gasteiger partial charge is 0.145 e. The number of benzene rings is 9. The van der Waals surface area contributed by atoms with Crippen LogP contribution in [0.1, 0.15) is 5.56 Å². The quantitative estimate of drug-likeness (QED) is 0.179. The Labute approximate surface area is 342 Å². The van der Waals surface area contributed by atoms with Gasteiger partial charge in [-0.25, -0.2) is 0 Å². The molecule has 0 radical (unpaired) electrons. The first kappa shape index (κ1) is 32.7. The van der Waals surface area contributed by atoms with Gasteiger partial charge in [-0.2, -0.15) is 5.26 Å². The van der Waals surface area contributed by atoms with Crippen LogP contribution in [0.2, 0.25) is 0 Å². The van der Waals surface area contributed by atoms with Crippen LogP contribution >= 0.6 is 0 Å². The molecule has 4 heterocycles. The highest BCUT2D eigenvalue weighted by molar-refractivity contribution is 6.25. The molecule has 0 fully saturated rings. The zero-order valence-electron chi connectivity index (χ0n) is 32.1. The Balaban J connectivity index is 1.10. The van der Waals surface area contributed by atoms with Crippen LogP contribution in [-0.2, 0) is 0 Å². The van der Waals surface area contributed by atoms with E-state index in [1.807, 2.05) is 48.5 Å². The summed E-state index contributed by atoms with van der Waals surface area (Å²) in [6, 6.07) is 68.4. The number of aromatic nitrogens is 2. The van der Waals surface area contributed by atoms with Gasteiger partial charge in [0.05, 0.1) is 44.5 Å². The lowest BCUT2D eigenvalue weighted by Gasteiger charge is -2.16. The molecule has 4 aromatic heterocycles. The molecule has 0 unspecified atom stereocenters. The lowest BCUT2D eigenvalue weighted by molar-refractivity contribution is 0.672. The van der Waals surface area contributed by atoms with Gasteiger partial charge in [-0.15, -0.1) is 0 Å². The predicted molar refractivity (Wildman–Crippen MR) is 245 cm³/mol. The minimum absolute atomic E-state index is 0.650. The van der Waals surface area contributed by atoms with Crippen molar-refractivity contribution in [2.24, 2.45) is 0 Å². The second-order valence-electron chi connectivity index (χ2n) is 15.6.